The Bertz CT molecular complexity index is 543. The summed E-state index contributed by atoms with van der Waals surface area (Å²) in [5.41, 5.74) is 5.05. The maximum Gasteiger partial charge on any atom is 0.108 e. The normalized spacial score (nSPS) is 12.8. The van der Waals surface area contributed by atoms with Crippen LogP contribution >= 0.6 is 0 Å². The first kappa shape index (κ1) is 11.9. The molecule has 17 heavy (non-hydrogen) atoms. The smallest absolute Gasteiger partial charge is 0.108 e. The second-order valence-corrected chi connectivity index (χ2v) is 4.54. The SMILES string of the molecule is Cc1cccc(C(O)c2cn(C)nc2C)c1C. The highest BCUT2D eigenvalue weighted by molar-refractivity contribution is 5.39. The lowest BCUT2D eigenvalue weighted by Crippen LogP contribution is -2.03. The zero-order valence-electron chi connectivity index (χ0n) is 10.7. The minimum absolute atomic E-state index is 0.594. The van der Waals surface area contributed by atoms with E-state index in [0.717, 1.165) is 22.4 Å². The van der Waals surface area contributed by atoms with Gasteiger partial charge in [-0.25, -0.2) is 0 Å². The summed E-state index contributed by atoms with van der Waals surface area (Å²) in [7, 11) is 1.87. The van der Waals surface area contributed by atoms with Gasteiger partial charge in [0, 0.05) is 18.8 Å². The molecule has 0 radical (unpaired) electrons. The van der Waals surface area contributed by atoms with Crippen molar-refractivity contribution in [3.63, 3.8) is 0 Å². The van der Waals surface area contributed by atoms with Crippen molar-refractivity contribution in [3.8, 4) is 0 Å². The summed E-state index contributed by atoms with van der Waals surface area (Å²) in [5, 5.41) is 14.7. The van der Waals surface area contributed by atoms with Gasteiger partial charge < -0.3 is 5.11 Å². The van der Waals surface area contributed by atoms with Crippen LogP contribution in [0.2, 0.25) is 0 Å². The fourth-order valence-corrected chi connectivity index (χ4v) is 2.12. The van der Waals surface area contributed by atoms with Crippen molar-refractivity contribution >= 4 is 0 Å². The lowest BCUT2D eigenvalue weighted by molar-refractivity contribution is 0.218. The van der Waals surface area contributed by atoms with Crippen LogP contribution in [0.3, 0.4) is 0 Å². The number of aliphatic hydroxyl groups is 1. The molecule has 1 aromatic heterocycles. The lowest BCUT2D eigenvalue weighted by atomic mass is 9.95. The molecular weight excluding hydrogens is 212 g/mol. The molecule has 3 nitrogen and oxygen atoms in total. The average Bonchev–Trinajstić information content (AvgIpc) is 2.61. The molecule has 1 aromatic carbocycles. The van der Waals surface area contributed by atoms with E-state index in [-0.39, 0.29) is 0 Å². The predicted octanol–water partition coefficient (Wildman–Crippen LogP) is 2.43. The van der Waals surface area contributed by atoms with Gasteiger partial charge in [-0.1, -0.05) is 18.2 Å². The van der Waals surface area contributed by atoms with E-state index < -0.39 is 6.10 Å². The topological polar surface area (TPSA) is 38.0 Å². The van der Waals surface area contributed by atoms with Crippen molar-refractivity contribution in [3.05, 3.63) is 52.3 Å². The third-order valence-corrected chi connectivity index (χ3v) is 3.29. The number of aromatic nitrogens is 2. The van der Waals surface area contributed by atoms with E-state index in [1.54, 1.807) is 4.68 Å². The average molecular weight is 230 g/mol. The number of nitrogens with zero attached hydrogens (tertiary/aromatic N) is 2. The molecule has 0 amide bonds. The number of aryl methyl sites for hydroxylation is 3. The molecule has 0 aliphatic rings. The summed E-state index contributed by atoms with van der Waals surface area (Å²) in [5.74, 6) is 0. The zero-order valence-corrected chi connectivity index (χ0v) is 10.7. The number of aliphatic hydroxyl groups excluding tert-OH is 1. The Morgan fingerprint density at radius 1 is 1.18 bits per heavy atom. The van der Waals surface area contributed by atoms with Crippen LogP contribution in [-0.2, 0) is 7.05 Å². The van der Waals surface area contributed by atoms with E-state index in [0.29, 0.717) is 0 Å². The van der Waals surface area contributed by atoms with Crippen LogP contribution in [0.15, 0.2) is 24.4 Å². The fourth-order valence-electron chi connectivity index (χ4n) is 2.12. The molecule has 0 saturated carbocycles. The monoisotopic (exact) mass is 230 g/mol. The van der Waals surface area contributed by atoms with Gasteiger partial charge in [-0.05, 0) is 37.5 Å². The van der Waals surface area contributed by atoms with Crippen molar-refractivity contribution in [1.29, 1.82) is 0 Å². The van der Waals surface area contributed by atoms with Gasteiger partial charge in [0.2, 0.25) is 0 Å². The number of rotatable bonds is 2. The zero-order chi connectivity index (χ0) is 12.6. The predicted molar refractivity (Wildman–Crippen MR) is 67.9 cm³/mol. The van der Waals surface area contributed by atoms with Crippen molar-refractivity contribution in [2.24, 2.45) is 7.05 Å². The van der Waals surface area contributed by atoms with Gasteiger partial charge >= 0.3 is 0 Å². The van der Waals surface area contributed by atoms with Crippen molar-refractivity contribution < 1.29 is 5.11 Å². The maximum absolute atomic E-state index is 10.4. The molecule has 0 bridgehead atoms. The molecule has 1 unspecified atom stereocenters. The summed E-state index contributed by atoms with van der Waals surface area (Å²) in [4.78, 5) is 0. The van der Waals surface area contributed by atoms with Crippen LogP contribution in [0.4, 0.5) is 0 Å². The molecule has 90 valence electrons. The molecule has 3 heteroatoms. The van der Waals surface area contributed by atoms with E-state index in [1.807, 2.05) is 39.2 Å². The van der Waals surface area contributed by atoms with Gasteiger partial charge in [0.1, 0.15) is 6.10 Å². The Labute approximate surface area is 102 Å². The molecule has 2 aromatic rings. The highest BCUT2D eigenvalue weighted by atomic mass is 16.3. The molecule has 1 atom stereocenters. The van der Waals surface area contributed by atoms with Gasteiger partial charge in [0.15, 0.2) is 0 Å². The van der Waals surface area contributed by atoms with Gasteiger partial charge in [0.25, 0.3) is 0 Å². The van der Waals surface area contributed by atoms with Crippen LogP contribution in [0.1, 0.15) is 34.1 Å². The third-order valence-electron chi connectivity index (χ3n) is 3.29. The minimum Gasteiger partial charge on any atom is -0.384 e. The fraction of sp³-hybridized carbons (Fsp3) is 0.357. The Hall–Kier alpha value is -1.61. The summed E-state index contributed by atoms with van der Waals surface area (Å²) in [6, 6.07) is 6.01. The van der Waals surface area contributed by atoms with E-state index in [1.165, 1.54) is 5.56 Å². The summed E-state index contributed by atoms with van der Waals surface area (Å²) >= 11 is 0. The highest BCUT2D eigenvalue weighted by Gasteiger charge is 2.17. The van der Waals surface area contributed by atoms with Gasteiger partial charge in [-0.3, -0.25) is 4.68 Å². The van der Waals surface area contributed by atoms with Crippen LogP contribution in [0.5, 0.6) is 0 Å². The van der Waals surface area contributed by atoms with Crippen molar-refractivity contribution in [1.82, 2.24) is 9.78 Å². The van der Waals surface area contributed by atoms with Crippen LogP contribution < -0.4 is 0 Å². The van der Waals surface area contributed by atoms with Crippen LogP contribution in [-0.4, -0.2) is 14.9 Å². The van der Waals surface area contributed by atoms with Crippen LogP contribution in [0.25, 0.3) is 0 Å². The molecule has 1 heterocycles. The quantitative estimate of drug-likeness (QED) is 0.860. The molecule has 1 N–H and O–H groups in total. The van der Waals surface area contributed by atoms with Crippen molar-refractivity contribution in [2.45, 2.75) is 26.9 Å². The molecule has 0 fully saturated rings. The van der Waals surface area contributed by atoms with E-state index in [2.05, 4.69) is 18.1 Å². The standard InChI is InChI=1S/C14H18N2O/c1-9-6-5-7-12(10(9)2)14(17)13-8-16(4)15-11(13)3/h5-8,14,17H,1-4H3. The Balaban J connectivity index is 2.47. The number of hydrogen-bond donors (Lipinski definition) is 1. The first-order valence-corrected chi connectivity index (χ1v) is 5.75. The second-order valence-electron chi connectivity index (χ2n) is 4.54. The van der Waals surface area contributed by atoms with E-state index in [9.17, 15) is 5.11 Å². The molecule has 0 saturated heterocycles. The van der Waals surface area contributed by atoms with Crippen molar-refractivity contribution in [2.75, 3.05) is 0 Å². The van der Waals surface area contributed by atoms with Gasteiger partial charge in [-0.15, -0.1) is 0 Å². The first-order chi connectivity index (χ1) is 8.00. The minimum atomic E-state index is -0.594. The second kappa shape index (κ2) is 4.34. The van der Waals surface area contributed by atoms with Gasteiger partial charge in [0.05, 0.1) is 5.69 Å². The summed E-state index contributed by atoms with van der Waals surface area (Å²) in [6.07, 6.45) is 1.28. The highest BCUT2D eigenvalue weighted by Crippen LogP contribution is 2.27. The summed E-state index contributed by atoms with van der Waals surface area (Å²) < 4.78 is 1.74. The Kier molecular flexibility index (Phi) is 3.03. The first-order valence-electron chi connectivity index (χ1n) is 5.75. The number of hydrogen-bond acceptors (Lipinski definition) is 2. The van der Waals surface area contributed by atoms with E-state index in [4.69, 9.17) is 0 Å². The largest absolute Gasteiger partial charge is 0.384 e. The molecular formula is C14H18N2O. The number of benzene rings is 1. The van der Waals surface area contributed by atoms with Crippen LogP contribution in [0, 0.1) is 20.8 Å². The molecule has 2 rings (SSSR count). The molecule has 0 aliphatic carbocycles. The van der Waals surface area contributed by atoms with Gasteiger partial charge in [-0.2, -0.15) is 5.10 Å². The molecule has 0 spiro atoms. The maximum atomic E-state index is 10.4. The Morgan fingerprint density at radius 3 is 2.47 bits per heavy atom. The Morgan fingerprint density at radius 2 is 1.88 bits per heavy atom. The molecule has 0 aliphatic heterocycles. The summed E-state index contributed by atoms with van der Waals surface area (Å²) in [6.45, 7) is 6.02. The lowest BCUT2D eigenvalue weighted by Gasteiger charge is -2.14. The van der Waals surface area contributed by atoms with E-state index >= 15 is 0 Å². The third kappa shape index (κ3) is 2.11.